The van der Waals surface area contributed by atoms with E-state index in [-0.39, 0.29) is 93.9 Å². The number of aromatic amines is 1. The summed E-state index contributed by atoms with van der Waals surface area (Å²) in [5.41, 5.74) is 1.58. The first-order valence-electron chi connectivity index (χ1n) is 20.7. The van der Waals surface area contributed by atoms with Crippen LogP contribution in [0.4, 0.5) is 14.6 Å². The number of pyridine rings is 2. The van der Waals surface area contributed by atoms with Gasteiger partial charge in [0.15, 0.2) is 34.3 Å². The zero-order valence-corrected chi connectivity index (χ0v) is 36.3. The summed E-state index contributed by atoms with van der Waals surface area (Å²) in [6, 6.07) is 14.9. The number of carbonyl (C=O) groups is 2. The molecule has 0 unspecified atom stereocenters. The second kappa shape index (κ2) is 16.7. The third-order valence-electron chi connectivity index (χ3n) is 11.6. The summed E-state index contributed by atoms with van der Waals surface area (Å²) in [4.78, 5) is 62.1. The zero-order chi connectivity index (χ0) is 45.8. The zero-order valence-electron chi connectivity index (χ0n) is 36.3. The molecule has 1 saturated heterocycles. The van der Waals surface area contributed by atoms with Gasteiger partial charge in [-0.15, -0.1) is 0 Å². The molecule has 332 valence electrons. The molecule has 15 nitrogen and oxygen atoms in total. The highest BCUT2D eigenvalue weighted by atomic mass is 19.1. The normalized spacial score (nSPS) is 14.2. The van der Waals surface area contributed by atoms with Crippen molar-refractivity contribution < 1.29 is 41.7 Å². The van der Waals surface area contributed by atoms with Crippen molar-refractivity contribution in [2.24, 2.45) is 0 Å². The molecular formula is C48H43F2N7O8. The molecule has 1 amide bonds. The number of halogens is 2. The van der Waals surface area contributed by atoms with E-state index in [4.69, 9.17) is 23.4 Å². The lowest BCUT2D eigenvalue weighted by Gasteiger charge is -2.41. The number of nitrogens with one attached hydrogen (secondary N) is 1. The van der Waals surface area contributed by atoms with Gasteiger partial charge in [0.1, 0.15) is 40.6 Å². The Hall–Kier alpha value is -7.82. The Morgan fingerprint density at radius 1 is 0.938 bits per heavy atom. The molecule has 0 aliphatic carbocycles. The molecule has 0 spiro atoms. The van der Waals surface area contributed by atoms with E-state index in [1.807, 2.05) is 25.7 Å². The Morgan fingerprint density at radius 3 is 2.42 bits per heavy atom. The minimum Gasteiger partial charge on any atom is -0.493 e. The number of rotatable bonds is 11. The number of methoxy groups -OCH3 is 3. The van der Waals surface area contributed by atoms with Crippen molar-refractivity contribution >= 4 is 67.0 Å². The van der Waals surface area contributed by atoms with Gasteiger partial charge in [0.05, 0.1) is 37.8 Å². The molecule has 17 heteroatoms. The van der Waals surface area contributed by atoms with E-state index in [9.17, 15) is 14.4 Å². The van der Waals surface area contributed by atoms with Crippen molar-refractivity contribution in [2.75, 3.05) is 52.5 Å². The largest absolute Gasteiger partial charge is 0.493 e. The van der Waals surface area contributed by atoms with Crippen molar-refractivity contribution in [1.29, 1.82) is 0 Å². The van der Waals surface area contributed by atoms with Gasteiger partial charge in [-0.3, -0.25) is 14.6 Å². The molecule has 1 aliphatic rings. The maximum atomic E-state index is 16.3. The van der Waals surface area contributed by atoms with Crippen LogP contribution in [0.2, 0.25) is 0 Å². The van der Waals surface area contributed by atoms with Crippen LogP contribution in [-0.2, 0) is 4.79 Å². The van der Waals surface area contributed by atoms with Gasteiger partial charge >= 0.3 is 5.69 Å². The predicted octanol–water partition coefficient (Wildman–Crippen LogP) is 7.91. The second-order valence-electron chi connectivity index (χ2n) is 16.0. The third kappa shape index (κ3) is 7.31. The number of hydrogen-bond donors (Lipinski definition) is 1. The summed E-state index contributed by atoms with van der Waals surface area (Å²) in [5, 5.41) is 0.672. The molecule has 8 aromatic rings. The molecular weight excluding hydrogens is 841 g/mol. The number of nitrogens with zero attached hydrogens (tertiary/aromatic N) is 6. The van der Waals surface area contributed by atoms with Crippen LogP contribution in [0.3, 0.4) is 0 Å². The monoisotopic (exact) mass is 883 g/mol. The number of aromatic nitrogens is 5. The number of piperazine rings is 1. The van der Waals surface area contributed by atoms with Crippen LogP contribution in [0.1, 0.15) is 48.3 Å². The van der Waals surface area contributed by atoms with Crippen LogP contribution in [0.5, 0.6) is 23.0 Å². The number of hydrogen-bond acceptors (Lipinski definition) is 12. The van der Waals surface area contributed by atoms with Crippen molar-refractivity contribution in [1.82, 2.24) is 29.2 Å². The van der Waals surface area contributed by atoms with E-state index >= 15 is 8.78 Å². The number of amides is 1. The van der Waals surface area contributed by atoms with E-state index in [1.165, 1.54) is 56.2 Å². The lowest BCUT2D eigenvalue weighted by Crippen LogP contribution is -2.54. The number of anilines is 1. The van der Waals surface area contributed by atoms with Crippen molar-refractivity contribution in [3.63, 3.8) is 0 Å². The summed E-state index contributed by atoms with van der Waals surface area (Å²) in [6.07, 6.45) is 3.15. The average molecular weight is 884 g/mol. The molecule has 0 saturated carbocycles. The Labute approximate surface area is 369 Å². The fourth-order valence-electron chi connectivity index (χ4n) is 8.48. The Bertz CT molecular complexity index is 3340. The maximum Gasteiger partial charge on any atom is 0.356 e. The van der Waals surface area contributed by atoms with Crippen LogP contribution in [0.25, 0.3) is 49.5 Å². The number of ether oxygens (including phenoxy) is 4. The van der Waals surface area contributed by atoms with Crippen LogP contribution in [0.15, 0.2) is 94.4 Å². The van der Waals surface area contributed by atoms with Gasteiger partial charge in [0.2, 0.25) is 5.75 Å². The minimum atomic E-state index is -0.841. The Kier molecular flexibility index (Phi) is 10.9. The van der Waals surface area contributed by atoms with E-state index < -0.39 is 23.4 Å². The van der Waals surface area contributed by atoms with E-state index in [0.717, 1.165) is 0 Å². The number of carbonyl (C=O) groups excluding carboxylic acids is 2. The molecule has 6 heterocycles. The van der Waals surface area contributed by atoms with Gasteiger partial charge in [0.25, 0.3) is 5.91 Å². The fourth-order valence-corrected chi connectivity index (χ4v) is 8.48. The predicted molar refractivity (Wildman–Crippen MR) is 241 cm³/mol. The summed E-state index contributed by atoms with van der Waals surface area (Å²) in [6.45, 7) is 10.2. The van der Waals surface area contributed by atoms with Crippen molar-refractivity contribution in [3.8, 4) is 23.0 Å². The summed E-state index contributed by atoms with van der Waals surface area (Å²) >= 11 is 0. The number of H-pyrrole nitrogens is 1. The molecule has 0 radical (unpaired) electrons. The molecule has 1 atom stereocenters. The molecule has 3 aromatic carbocycles. The summed E-state index contributed by atoms with van der Waals surface area (Å²) in [7, 11) is 4.45. The minimum absolute atomic E-state index is 0.0201. The molecule has 2 bridgehead atoms. The van der Waals surface area contributed by atoms with Crippen molar-refractivity contribution in [2.45, 2.75) is 32.7 Å². The fraction of sp³-hybridized carbons (Fsp3) is 0.250. The number of ketones is 1. The molecule has 65 heavy (non-hydrogen) atoms. The lowest BCUT2D eigenvalue weighted by atomic mass is 10.0. The standard InChI is InChI=1S/C48H43F2N7O8/c1-24(2)40-42-36(13-14-51-40)65-35-10-8-9-32(49)39(35)41-33(50)20-30-45(54-48(60)57(42)46(30)53-41)56-16-15-55(22-26(56)4)47(59)25(3)23-64-28-11-12-29-31(21-52-34(29)19-28)43(58)27-17-37(61-5)44(63-7)38(18-27)62-6/h8-14,17-21,24,26,52H,3,15-16,22-23H2,1-2,4-7H3/t26-/m0/s1. The van der Waals surface area contributed by atoms with Gasteiger partial charge in [-0.25, -0.2) is 23.0 Å². The van der Waals surface area contributed by atoms with Gasteiger partial charge in [-0.05, 0) is 55.3 Å². The summed E-state index contributed by atoms with van der Waals surface area (Å²) < 4.78 is 61.6. The van der Waals surface area contributed by atoms with Crippen LogP contribution in [0, 0.1) is 11.6 Å². The van der Waals surface area contributed by atoms with Gasteiger partial charge < -0.3 is 38.1 Å². The van der Waals surface area contributed by atoms with E-state index in [1.54, 1.807) is 47.5 Å². The van der Waals surface area contributed by atoms with Crippen LogP contribution in [-0.4, -0.2) is 94.5 Å². The van der Waals surface area contributed by atoms with E-state index in [0.29, 0.717) is 50.7 Å². The molecule has 5 aromatic heterocycles. The van der Waals surface area contributed by atoms with Crippen LogP contribution >= 0.6 is 0 Å². The summed E-state index contributed by atoms with van der Waals surface area (Å²) in [5.74, 6) is -0.683. The van der Waals surface area contributed by atoms with Crippen molar-refractivity contribution in [3.05, 3.63) is 124 Å². The van der Waals surface area contributed by atoms with Gasteiger partial charge in [0, 0.05) is 77.8 Å². The Morgan fingerprint density at radius 2 is 1.71 bits per heavy atom. The SMILES string of the molecule is C=C(COc1ccc2c(C(=O)c3cc(OC)c(OC)c(OC)c3)c[nH]c2c1)C(=O)N1CCN(c2nc(=O)n3c4nc(c(F)cc24)c2c(F)cccc2oc2ccnc(C(C)C)c23)[C@@H](C)C1. The third-order valence-corrected chi connectivity index (χ3v) is 11.6. The quantitative estimate of drug-likeness (QED) is 0.0987. The van der Waals surface area contributed by atoms with Crippen LogP contribution < -0.4 is 29.5 Å². The maximum absolute atomic E-state index is 16.3. The highest BCUT2D eigenvalue weighted by Crippen LogP contribution is 2.40. The topological polar surface area (TPSA) is 167 Å². The first-order chi connectivity index (χ1) is 31.3. The smallest absolute Gasteiger partial charge is 0.356 e. The molecule has 1 fully saturated rings. The van der Waals surface area contributed by atoms with E-state index in [2.05, 4.69) is 26.5 Å². The second-order valence-corrected chi connectivity index (χ2v) is 16.0. The van der Waals surface area contributed by atoms with Gasteiger partial charge in [-0.1, -0.05) is 26.5 Å². The highest BCUT2D eigenvalue weighted by molar-refractivity contribution is 6.17. The van der Waals surface area contributed by atoms with Gasteiger partial charge in [-0.2, -0.15) is 4.98 Å². The average Bonchev–Trinajstić information content (AvgIpc) is 3.74. The Balaban J connectivity index is 0.957. The molecule has 1 aliphatic heterocycles. The number of fused-ring (bicyclic) bond motifs is 6. The highest BCUT2D eigenvalue weighted by Gasteiger charge is 2.32. The lowest BCUT2D eigenvalue weighted by molar-refractivity contribution is -0.128. The molecule has 1 N–H and O–H groups in total. The first kappa shape index (κ1) is 42.5. The first-order valence-corrected chi connectivity index (χ1v) is 20.7. The molecule has 9 rings (SSSR count). The number of benzene rings is 3.